The van der Waals surface area contributed by atoms with Crippen LogP contribution in [0.3, 0.4) is 0 Å². The number of ether oxygens (including phenoxy) is 1. The fourth-order valence-corrected chi connectivity index (χ4v) is 5.71. The minimum absolute atomic E-state index is 0.208. The van der Waals surface area contributed by atoms with E-state index < -0.39 is 5.41 Å². The van der Waals surface area contributed by atoms with Crippen LogP contribution in [0.2, 0.25) is 0 Å². The molecule has 1 fully saturated rings. The third kappa shape index (κ3) is 8.46. The summed E-state index contributed by atoms with van der Waals surface area (Å²) < 4.78 is 5.99. The van der Waals surface area contributed by atoms with E-state index >= 15 is 0 Å². The van der Waals surface area contributed by atoms with Gasteiger partial charge < -0.3 is 4.74 Å². The summed E-state index contributed by atoms with van der Waals surface area (Å²) >= 11 is 0. The molecule has 1 aliphatic carbocycles. The van der Waals surface area contributed by atoms with E-state index in [1.807, 2.05) is 18.2 Å². The zero-order valence-corrected chi connectivity index (χ0v) is 23.3. The maximum absolute atomic E-state index is 13.7. The second-order valence-corrected chi connectivity index (χ2v) is 11.0. The number of nitrogens with zero attached hydrogens (tertiary/aromatic N) is 1. The maximum Gasteiger partial charge on any atom is 0.321 e. The van der Waals surface area contributed by atoms with Gasteiger partial charge in [-0.15, -0.1) is 0 Å². The average Bonchev–Trinajstić information content (AvgIpc) is 2.94. The van der Waals surface area contributed by atoms with Crippen LogP contribution in [-0.4, -0.2) is 5.97 Å². The third-order valence-electron chi connectivity index (χ3n) is 8.11. The van der Waals surface area contributed by atoms with Crippen molar-refractivity contribution in [3.05, 3.63) is 64.7 Å². The first-order chi connectivity index (χ1) is 18.1. The molecule has 0 atom stereocenters. The number of aryl methyl sites for hydroxylation is 2. The fourth-order valence-electron chi connectivity index (χ4n) is 5.71. The molecule has 200 valence electrons. The molecule has 3 nitrogen and oxygen atoms in total. The molecule has 0 unspecified atom stereocenters. The van der Waals surface area contributed by atoms with E-state index in [-0.39, 0.29) is 5.97 Å². The number of rotatable bonds is 15. The van der Waals surface area contributed by atoms with Crippen LogP contribution in [0.1, 0.15) is 132 Å². The number of esters is 1. The van der Waals surface area contributed by atoms with Crippen molar-refractivity contribution in [2.75, 3.05) is 0 Å². The van der Waals surface area contributed by atoms with Gasteiger partial charge in [-0.3, -0.25) is 4.79 Å². The topological polar surface area (TPSA) is 50.1 Å². The molecule has 3 heteroatoms. The van der Waals surface area contributed by atoms with Gasteiger partial charge in [-0.1, -0.05) is 115 Å². The van der Waals surface area contributed by atoms with Crippen LogP contribution in [0.5, 0.6) is 5.75 Å². The van der Waals surface area contributed by atoms with E-state index in [0.717, 1.165) is 68.9 Å². The molecule has 0 spiro atoms. The second-order valence-electron chi connectivity index (χ2n) is 11.0. The van der Waals surface area contributed by atoms with Crippen molar-refractivity contribution in [2.24, 2.45) is 0 Å². The molecule has 0 aliphatic heterocycles. The number of carbonyl (C=O) groups excluding carboxylic acids is 1. The number of unbranched alkanes of at least 4 members (excludes halogenated alkanes) is 8. The van der Waals surface area contributed by atoms with Crippen LogP contribution in [-0.2, 0) is 23.1 Å². The Kier molecular flexibility index (Phi) is 12.2. The molecule has 2 aromatic rings. The maximum atomic E-state index is 13.7. The monoisotopic (exact) mass is 501 g/mol. The largest absolute Gasteiger partial charge is 0.424 e. The second kappa shape index (κ2) is 15.6. The number of hydrogen-bond acceptors (Lipinski definition) is 3. The summed E-state index contributed by atoms with van der Waals surface area (Å²) in [4.78, 5) is 13.7. The lowest BCUT2D eigenvalue weighted by Crippen LogP contribution is -2.41. The van der Waals surface area contributed by atoms with Crippen LogP contribution in [0.15, 0.2) is 42.5 Å². The quantitative estimate of drug-likeness (QED) is 0.139. The first kappa shape index (κ1) is 29.0. The molecular weight excluding hydrogens is 454 g/mol. The number of nitriles is 1. The van der Waals surface area contributed by atoms with Crippen molar-refractivity contribution in [3.63, 3.8) is 0 Å². The predicted octanol–water partition coefficient (Wildman–Crippen LogP) is 9.39. The van der Waals surface area contributed by atoms with Gasteiger partial charge in [0.15, 0.2) is 0 Å². The van der Waals surface area contributed by atoms with Crippen LogP contribution in [0.4, 0.5) is 0 Å². The molecule has 37 heavy (non-hydrogen) atoms. The minimum atomic E-state index is -0.622. The van der Waals surface area contributed by atoms with Crippen LogP contribution >= 0.6 is 0 Å². The molecule has 0 saturated heterocycles. The standard InChI is InChI=1S/C34H47NO2/c1-3-5-7-8-9-10-11-13-17-28-18-21-31(22-19-28)34(24-14-12-15-25-34)33(36)37-32-23-20-29(16-6-4-2)26-30(32)27-35/h18-23,26H,3-17,24-25H2,1-2H3. The Balaban J connectivity index is 1.63. The van der Waals surface area contributed by atoms with Gasteiger partial charge in [-0.05, 0) is 67.3 Å². The average molecular weight is 502 g/mol. The highest BCUT2D eigenvalue weighted by molar-refractivity contribution is 5.85. The smallest absolute Gasteiger partial charge is 0.321 e. The molecule has 0 bridgehead atoms. The predicted molar refractivity (Wildman–Crippen MR) is 153 cm³/mol. The van der Waals surface area contributed by atoms with Gasteiger partial charge in [-0.2, -0.15) is 5.26 Å². The van der Waals surface area contributed by atoms with Gasteiger partial charge in [0.05, 0.1) is 11.0 Å². The van der Waals surface area contributed by atoms with Gasteiger partial charge in [0, 0.05) is 0 Å². The van der Waals surface area contributed by atoms with Gasteiger partial charge in [0.1, 0.15) is 11.8 Å². The highest BCUT2D eigenvalue weighted by Gasteiger charge is 2.43. The van der Waals surface area contributed by atoms with Crippen molar-refractivity contribution in [1.82, 2.24) is 0 Å². The lowest BCUT2D eigenvalue weighted by molar-refractivity contribution is -0.142. The molecule has 1 aliphatic rings. The normalized spacial score (nSPS) is 14.7. The highest BCUT2D eigenvalue weighted by Crippen LogP contribution is 2.41. The van der Waals surface area contributed by atoms with Crippen molar-refractivity contribution in [3.8, 4) is 11.8 Å². The summed E-state index contributed by atoms with van der Waals surface area (Å²) in [5.74, 6) is 0.185. The zero-order valence-electron chi connectivity index (χ0n) is 23.3. The van der Waals surface area contributed by atoms with Crippen LogP contribution in [0, 0.1) is 11.3 Å². The van der Waals surface area contributed by atoms with Crippen molar-refractivity contribution < 1.29 is 9.53 Å². The van der Waals surface area contributed by atoms with Gasteiger partial charge in [-0.25, -0.2) is 0 Å². The SMILES string of the molecule is CCCCCCCCCCc1ccc(C2(C(=O)Oc3ccc(CCCC)cc3C#N)CCCCC2)cc1. The Bertz CT molecular complexity index is 995. The van der Waals surface area contributed by atoms with Crippen molar-refractivity contribution >= 4 is 5.97 Å². The van der Waals surface area contributed by atoms with E-state index in [1.54, 1.807) is 0 Å². The van der Waals surface area contributed by atoms with Gasteiger partial charge >= 0.3 is 5.97 Å². The molecule has 2 aromatic carbocycles. The Morgan fingerprint density at radius 3 is 2.03 bits per heavy atom. The number of benzene rings is 2. The summed E-state index contributed by atoms with van der Waals surface area (Å²) in [5.41, 5.74) is 3.37. The Labute approximate surface area is 225 Å². The Morgan fingerprint density at radius 1 is 0.784 bits per heavy atom. The van der Waals surface area contributed by atoms with Crippen LogP contribution < -0.4 is 4.74 Å². The number of carbonyl (C=O) groups is 1. The highest BCUT2D eigenvalue weighted by atomic mass is 16.5. The van der Waals surface area contributed by atoms with E-state index in [0.29, 0.717) is 11.3 Å². The van der Waals surface area contributed by atoms with Crippen molar-refractivity contribution in [2.45, 2.75) is 128 Å². The summed E-state index contributed by atoms with van der Waals surface area (Å²) in [6, 6.07) is 16.7. The molecule has 0 heterocycles. The summed E-state index contributed by atoms with van der Waals surface area (Å²) in [6.07, 6.45) is 19.7. The molecule has 0 amide bonds. The first-order valence-corrected chi connectivity index (χ1v) is 15.0. The molecule has 0 N–H and O–H groups in total. The number of hydrogen-bond donors (Lipinski definition) is 0. The van der Waals surface area contributed by atoms with E-state index in [2.05, 4.69) is 44.2 Å². The summed E-state index contributed by atoms with van der Waals surface area (Å²) in [6.45, 7) is 4.43. The summed E-state index contributed by atoms with van der Waals surface area (Å²) in [7, 11) is 0. The molecule has 0 radical (unpaired) electrons. The lowest BCUT2D eigenvalue weighted by Gasteiger charge is -2.35. The summed E-state index contributed by atoms with van der Waals surface area (Å²) in [5, 5.41) is 9.71. The van der Waals surface area contributed by atoms with E-state index in [1.165, 1.54) is 56.9 Å². The van der Waals surface area contributed by atoms with E-state index in [4.69, 9.17) is 4.74 Å². The van der Waals surface area contributed by atoms with Crippen molar-refractivity contribution in [1.29, 1.82) is 5.26 Å². The van der Waals surface area contributed by atoms with Gasteiger partial charge in [0.25, 0.3) is 0 Å². The van der Waals surface area contributed by atoms with E-state index in [9.17, 15) is 10.1 Å². The van der Waals surface area contributed by atoms with Crippen LogP contribution in [0.25, 0.3) is 0 Å². The fraction of sp³-hybridized carbons (Fsp3) is 0.588. The first-order valence-electron chi connectivity index (χ1n) is 15.0. The minimum Gasteiger partial charge on any atom is -0.424 e. The molecule has 3 rings (SSSR count). The van der Waals surface area contributed by atoms with Gasteiger partial charge in [0.2, 0.25) is 0 Å². The Hall–Kier alpha value is -2.60. The Morgan fingerprint density at radius 2 is 1.38 bits per heavy atom. The zero-order chi connectivity index (χ0) is 26.3. The third-order valence-corrected chi connectivity index (χ3v) is 8.11. The molecule has 0 aromatic heterocycles. The molecular formula is C34H47NO2. The molecule has 1 saturated carbocycles. The lowest BCUT2D eigenvalue weighted by atomic mass is 9.69.